The van der Waals surface area contributed by atoms with Crippen molar-refractivity contribution < 1.29 is 13.7 Å². The summed E-state index contributed by atoms with van der Waals surface area (Å²) in [5.41, 5.74) is 1.93. The van der Waals surface area contributed by atoms with Gasteiger partial charge in [0.05, 0.1) is 5.69 Å². The van der Waals surface area contributed by atoms with Crippen LogP contribution in [0.3, 0.4) is 0 Å². The number of carbonyl (C=O) groups is 1. The minimum Gasteiger partial charge on any atom is -0.347 e. The number of likely N-dealkylation sites (tertiary alicyclic amines) is 1. The third kappa shape index (κ3) is 4.76. The summed E-state index contributed by atoms with van der Waals surface area (Å²) in [5.74, 6) is 1.32. The van der Waals surface area contributed by atoms with Crippen molar-refractivity contribution >= 4 is 11.9 Å². The molecule has 0 aliphatic carbocycles. The molecule has 168 valence electrons. The number of hydrogen-bond acceptors (Lipinski definition) is 7. The van der Waals surface area contributed by atoms with E-state index in [1.807, 2.05) is 23.9 Å². The summed E-state index contributed by atoms with van der Waals surface area (Å²) in [7, 11) is 3.75. The highest BCUT2D eigenvalue weighted by Crippen LogP contribution is 2.35. The fraction of sp³-hybridized carbons (Fsp3) is 0.435. The summed E-state index contributed by atoms with van der Waals surface area (Å²) >= 11 is 0. The highest BCUT2D eigenvalue weighted by molar-refractivity contribution is 5.76. The van der Waals surface area contributed by atoms with Gasteiger partial charge in [-0.1, -0.05) is 23.4 Å². The van der Waals surface area contributed by atoms with E-state index >= 15 is 0 Å². The number of rotatable bonds is 6. The zero-order valence-electron chi connectivity index (χ0n) is 18.6. The van der Waals surface area contributed by atoms with E-state index in [4.69, 9.17) is 9.51 Å². The monoisotopic (exact) mass is 438 g/mol. The van der Waals surface area contributed by atoms with Crippen LogP contribution in [-0.2, 0) is 11.2 Å². The molecule has 3 heterocycles. The third-order valence-electron chi connectivity index (χ3n) is 5.65. The second kappa shape index (κ2) is 9.42. The first-order chi connectivity index (χ1) is 15.4. The number of aryl methyl sites for hydroxylation is 2. The van der Waals surface area contributed by atoms with Gasteiger partial charge in [0.15, 0.2) is 5.82 Å². The molecule has 1 aliphatic rings. The summed E-state index contributed by atoms with van der Waals surface area (Å²) in [6.07, 6.45) is 4.14. The molecule has 0 saturated carbocycles. The zero-order valence-corrected chi connectivity index (χ0v) is 18.6. The van der Waals surface area contributed by atoms with Crippen LogP contribution in [0.15, 0.2) is 35.0 Å². The average molecular weight is 439 g/mol. The molecule has 32 heavy (non-hydrogen) atoms. The van der Waals surface area contributed by atoms with E-state index in [0.717, 1.165) is 18.5 Å². The molecule has 1 amide bonds. The van der Waals surface area contributed by atoms with E-state index in [9.17, 15) is 9.18 Å². The smallest absolute Gasteiger partial charge is 0.227 e. The Hall–Kier alpha value is -3.36. The van der Waals surface area contributed by atoms with E-state index in [1.54, 1.807) is 31.3 Å². The van der Waals surface area contributed by atoms with Crippen molar-refractivity contribution in [1.29, 1.82) is 0 Å². The van der Waals surface area contributed by atoms with Gasteiger partial charge in [-0.05, 0) is 25.8 Å². The maximum atomic E-state index is 14.6. The van der Waals surface area contributed by atoms with E-state index in [1.165, 1.54) is 6.07 Å². The lowest BCUT2D eigenvalue weighted by molar-refractivity contribution is -0.132. The highest BCUT2D eigenvalue weighted by Gasteiger charge is 2.29. The topological polar surface area (TPSA) is 88.3 Å². The molecular formula is C23H27FN6O2. The number of benzene rings is 1. The van der Waals surface area contributed by atoms with Gasteiger partial charge in [-0.25, -0.2) is 14.4 Å². The molecule has 0 spiro atoms. The normalized spacial score (nSPS) is 16.2. The molecule has 1 fully saturated rings. The van der Waals surface area contributed by atoms with Crippen molar-refractivity contribution in [3.8, 4) is 11.1 Å². The third-order valence-corrected chi connectivity index (χ3v) is 5.65. The Morgan fingerprint density at radius 2 is 2.06 bits per heavy atom. The Labute approximate surface area is 186 Å². The molecule has 4 rings (SSSR count). The predicted octanol–water partition coefficient (Wildman–Crippen LogP) is 3.38. The van der Waals surface area contributed by atoms with Gasteiger partial charge in [-0.3, -0.25) is 4.79 Å². The van der Waals surface area contributed by atoms with Crippen LogP contribution < -0.4 is 4.90 Å². The Kier molecular flexibility index (Phi) is 6.43. The van der Waals surface area contributed by atoms with Gasteiger partial charge < -0.3 is 14.3 Å². The van der Waals surface area contributed by atoms with Crippen molar-refractivity contribution in [2.75, 3.05) is 32.1 Å². The van der Waals surface area contributed by atoms with Gasteiger partial charge in [0, 0.05) is 63.3 Å². The second-order valence-corrected chi connectivity index (χ2v) is 8.26. The molecule has 8 nitrogen and oxygen atoms in total. The molecule has 0 bridgehead atoms. The maximum absolute atomic E-state index is 14.6. The summed E-state index contributed by atoms with van der Waals surface area (Å²) in [6, 6.07) is 6.65. The summed E-state index contributed by atoms with van der Waals surface area (Å²) in [5, 5.41) is 3.77. The van der Waals surface area contributed by atoms with Gasteiger partial charge >= 0.3 is 0 Å². The molecule has 1 aliphatic heterocycles. The van der Waals surface area contributed by atoms with Gasteiger partial charge in [0.25, 0.3) is 0 Å². The van der Waals surface area contributed by atoms with Gasteiger partial charge in [0.1, 0.15) is 5.82 Å². The Morgan fingerprint density at radius 1 is 1.25 bits per heavy atom. The number of anilines is 1. The standard InChI is InChI=1S/C23H27FN6O2/c1-15-26-20(32-28-15)10-11-21(31)30-12-6-7-16(14-30)22-18(13-25-23(27-22)29(2)3)17-8-4-5-9-19(17)24/h4-5,8-9,13,16H,6-7,10-12,14H2,1-3H3. The fourth-order valence-corrected chi connectivity index (χ4v) is 4.04. The van der Waals surface area contributed by atoms with Gasteiger partial charge in [-0.2, -0.15) is 4.98 Å². The molecule has 1 aromatic carbocycles. The average Bonchev–Trinajstić information content (AvgIpc) is 3.22. The van der Waals surface area contributed by atoms with E-state index in [0.29, 0.717) is 54.7 Å². The van der Waals surface area contributed by atoms with Crippen LogP contribution in [0.25, 0.3) is 11.1 Å². The predicted molar refractivity (Wildman–Crippen MR) is 118 cm³/mol. The fourth-order valence-electron chi connectivity index (χ4n) is 4.04. The van der Waals surface area contributed by atoms with Crippen LogP contribution >= 0.6 is 0 Å². The molecule has 1 unspecified atom stereocenters. The Balaban J connectivity index is 1.57. The van der Waals surface area contributed by atoms with Crippen molar-refractivity contribution in [1.82, 2.24) is 25.0 Å². The Morgan fingerprint density at radius 3 is 2.78 bits per heavy atom. The minimum absolute atomic E-state index is 0.00495. The van der Waals surface area contributed by atoms with Crippen LogP contribution in [0.2, 0.25) is 0 Å². The lowest BCUT2D eigenvalue weighted by Crippen LogP contribution is -2.39. The molecule has 1 saturated heterocycles. The van der Waals surface area contributed by atoms with Crippen LogP contribution in [0, 0.1) is 12.7 Å². The summed E-state index contributed by atoms with van der Waals surface area (Å²) < 4.78 is 19.7. The van der Waals surface area contributed by atoms with Crippen molar-refractivity contribution in [2.45, 2.75) is 38.5 Å². The van der Waals surface area contributed by atoms with Crippen molar-refractivity contribution in [3.05, 3.63) is 53.7 Å². The largest absolute Gasteiger partial charge is 0.347 e. The van der Waals surface area contributed by atoms with Gasteiger partial charge in [-0.15, -0.1) is 0 Å². The van der Waals surface area contributed by atoms with Crippen LogP contribution in [0.5, 0.6) is 0 Å². The Bertz CT molecular complexity index is 1100. The second-order valence-electron chi connectivity index (χ2n) is 8.26. The first-order valence-corrected chi connectivity index (χ1v) is 10.8. The number of aromatic nitrogens is 4. The maximum Gasteiger partial charge on any atom is 0.227 e. The molecule has 0 N–H and O–H groups in total. The number of carbonyl (C=O) groups excluding carboxylic acids is 1. The minimum atomic E-state index is -0.312. The summed E-state index contributed by atoms with van der Waals surface area (Å²) in [6.45, 7) is 2.98. The molecule has 2 aromatic heterocycles. The molecule has 3 aromatic rings. The molecule has 1 atom stereocenters. The molecule has 0 radical (unpaired) electrons. The van der Waals surface area contributed by atoms with E-state index in [2.05, 4.69) is 15.1 Å². The van der Waals surface area contributed by atoms with Crippen molar-refractivity contribution in [2.24, 2.45) is 0 Å². The number of nitrogens with zero attached hydrogens (tertiary/aromatic N) is 6. The first kappa shape index (κ1) is 21.9. The van der Waals surface area contributed by atoms with Crippen molar-refractivity contribution in [3.63, 3.8) is 0 Å². The molecular weight excluding hydrogens is 411 g/mol. The lowest BCUT2D eigenvalue weighted by Gasteiger charge is -2.33. The zero-order chi connectivity index (χ0) is 22.7. The number of hydrogen-bond donors (Lipinski definition) is 0. The summed E-state index contributed by atoms with van der Waals surface area (Å²) in [4.78, 5) is 29.9. The highest BCUT2D eigenvalue weighted by atomic mass is 19.1. The van der Waals surface area contributed by atoms with Crippen LogP contribution in [0.1, 0.15) is 42.6 Å². The lowest BCUT2D eigenvalue weighted by atomic mass is 9.89. The number of piperidine rings is 1. The SMILES string of the molecule is Cc1noc(CCC(=O)N2CCCC(c3nc(N(C)C)ncc3-c3ccccc3F)C2)n1. The van der Waals surface area contributed by atoms with E-state index < -0.39 is 0 Å². The van der Waals surface area contributed by atoms with Crippen LogP contribution in [0.4, 0.5) is 10.3 Å². The number of amides is 1. The number of halogens is 1. The quantitative estimate of drug-likeness (QED) is 0.583. The van der Waals surface area contributed by atoms with Crippen LogP contribution in [-0.4, -0.2) is 58.1 Å². The first-order valence-electron chi connectivity index (χ1n) is 10.8. The van der Waals surface area contributed by atoms with E-state index in [-0.39, 0.29) is 17.6 Å². The molecule has 9 heteroatoms. The van der Waals surface area contributed by atoms with Gasteiger partial charge in [0.2, 0.25) is 17.7 Å².